The van der Waals surface area contributed by atoms with Gasteiger partial charge >= 0.3 is 21.7 Å². The van der Waals surface area contributed by atoms with E-state index in [2.05, 4.69) is 57.9 Å². The van der Waals surface area contributed by atoms with Crippen molar-refractivity contribution in [2.45, 2.75) is 34.6 Å². The maximum absolute atomic E-state index is 3.44. The van der Waals surface area contributed by atoms with Crippen LogP contribution in [0.3, 0.4) is 0 Å². The molecule has 1 aromatic heterocycles. The second-order valence-electron chi connectivity index (χ2n) is 5.63. The van der Waals surface area contributed by atoms with Crippen LogP contribution in [0.2, 0.25) is 0 Å². The fourth-order valence-electron chi connectivity index (χ4n) is 2.33. The van der Waals surface area contributed by atoms with Crippen molar-refractivity contribution in [2.24, 2.45) is 5.41 Å². The third-order valence-corrected chi connectivity index (χ3v) is 3.96. The molecule has 0 unspecified atom stereocenters. The maximum atomic E-state index is 3.44. The van der Waals surface area contributed by atoms with Gasteiger partial charge < -0.3 is 29.8 Å². The first-order valence-electron chi connectivity index (χ1n) is 6.65. The van der Waals surface area contributed by atoms with Crippen LogP contribution in [0, 0.1) is 17.7 Å². The molecule has 2 aromatic rings. The van der Waals surface area contributed by atoms with Crippen LogP contribution >= 0.6 is 0 Å². The molecule has 1 heterocycles. The fourth-order valence-corrected chi connectivity index (χ4v) is 2.33. The molecular formula is C18H21Cl2NTi. The van der Waals surface area contributed by atoms with Crippen molar-refractivity contribution in [2.75, 3.05) is 0 Å². The average Bonchev–Trinajstić information content (AvgIpc) is 2.90. The Balaban J connectivity index is 0. The summed E-state index contributed by atoms with van der Waals surface area (Å²) in [7, 11) is 0. The molecule has 1 aliphatic rings. The van der Waals surface area contributed by atoms with E-state index < -0.39 is 0 Å². The predicted octanol–water partition coefficient (Wildman–Crippen LogP) is -0.914. The van der Waals surface area contributed by atoms with E-state index in [-0.39, 0.29) is 51.9 Å². The molecule has 0 amide bonds. The van der Waals surface area contributed by atoms with Crippen molar-refractivity contribution in [3.05, 3.63) is 59.3 Å². The van der Waals surface area contributed by atoms with Crippen LogP contribution in [-0.4, -0.2) is 4.98 Å². The predicted molar refractivity (Wildman–Crippen MR) is 81.7 cm³/mol. The number of hydrogen-bond donors (Lipinski definition) is 1. The Labute approximate surface area is 161 Å². The smallest absolute Gasteiger partial charge is 1.00 e. The molecule has 0 saturated carbocycles. The summed E-state index contributed by atoms with van der Waals surface area (Å²) in [5.41, 5.74) is 5.55. The number of halogens is 2. The van der Waals surface area contributed by atoms with Crippen LogP contribution in [-0.2, 0) is 21.7 Å². The summed E-state index contributed by atoms with van der Waals surface area (Å²) >= 11 is 0. The Kier molecular flexibility index (Phi) is 10.4. The molecule has 1 aliphatic carbocycles. The second-order valence-corrected chi connectivity index (χ2v) is 5.63. The Bertz CT molecular complexity index is 624. The molecular weight excluding hydrogens is 349 g/mol. The van der Waals surface area contributed by atoms with E-state index >= 15 is 0 Å². The van der Waals surface area contributed by atoms with E-state index in [0.717, 1.165) is 5.52 Å². The molecule has 4 heteroatoms. The standard InChI is InChI=1S/C10H15.C8H6N.2ClH.Ti/c1-7-6-10(4,5)9(3)8(7)2;1-2-4-8-7(3-1)5-6-9-8;;;/h1-5H3;1-5,9H;2*1H;/q2*-1;;;+4/p-2. The summed E-state index contributed by atoms with van der Waals surface area (Å²) in [6.07, 6.45) is 6.35. The van der Waals surface area contributed by atoms with Crippen LogP contribution in [0.5, 0.6) is 0 Å². The fraction of sp³-hybridized carbons (Fsp3) is 0.333. The first-order chi connectivity index (χ1) is 8.92. The topological polar surface area (TPSA) is 15.8 Å². The van der Waals surface area contributed by atoms with Gasteiger partial charge in [0.1, 0.15) is 0 Å². The van der Waals surface area contributed by atoms with E-state index in [1.165, 1.54) is 22.1 Å². The second kappa shape index (κ2) is 9.62. The maximum Gasteiger partial charge on any atom is 4.00 e. The minimum atomic E-state index is 0. The summed E-state index contributed by atoms with van der Waals surface area (Å²) in [5.74, 6) is 0. The zero-order chi connectivity index (χ0) is 14.0. The summed E-state index contributed by atoms with van der Waals surface area (Å²) < 4.78 is 0. The summed E-state index contributed by atoms with van der Waals surface area (Å²) in [4.78, 5) is 2.99. The first-order valence-corrected chi connectivity index (χ1v) is 6.65. The monoisotopic (exact) mass is 369 g/mol. The van der Waals surface area contributed by atoms with Gasteiger partial charge in [-0.3, -0.25) is 6.08 Å². The van der Waals surface area contributed by atoms with E-state index in [9.17, 15) is 0 Å². The van der Waals surface area contributed by atoms with Crippen LogP contribution < -0.4 is 24.8 Å². The summed E-state index contributed by atoms with van der Waals surface area (Å²) in [5, 5.41) is 1.22. The zero-order valence-electron chi connectivity index (χ0n) is 13.6. The SMILES string of the molecule is CC1=[C-]C(C)(C)C(C)=C1C.[Cl-].[Cl-].[Ti+4].[c-]1cc2ccccc2[nH]1. The summed E-state index contributed by atoms with van der Waals surface area (Å²) in [6.45, 7) is 10.9. The molecule has 0 bridgehead atoms. The van der Waals surface area contributed by atoms with Gasteiger partial charge in [0.25, 0.3) is 0 Å². The Morgan fingerprint density at radius 3 is 2.00 bits per heavy atom. The van der Waals surface area contributed by atoms with Gasteiger partial charge in [-0.25, -0.2) is 5.57 Å². The number of fused-ring (bicyclic) bond motifs is 1. The number of allylic oxidation sites excluding steroid dienone is 4. The molecule has 22 heavy (non-hydrogen) atoms. The quantitative estimate of drug-likeness (QED) is 0.457. The molecule has 0 atom stereocenters. The zero-order valence-corrected chi connectivity index (χ0v) is 16.7. The summed E-state index contributed by atoms with van der Waals surface area (Å²) in [6, 6.07) is 10.1. The minimum Gasteiger partial charge on any atom is -1.00 e. The molecule has 1 nitrogen and oxygen atoms in total. The van der Waals surface area contributed by atoms with Gasteiger partial charge in [0.05, 0.1) is 0 Å². The van der Waals surface area contributed by atoms with E-state index in [1.54, 1.807) is 0 Å². The first kappa shape index (κ1) is 23.8. The molecule has 116 valence electrons. The number of rotatable bonds is 0. The third kappa shape index (κ3) is 5.31. The number of aromatic nitrogens is 1. The number of benzene rings is 1. The number of aromatic amines is 1. The molecule has 0 saturated heterocycles. The van der Waals surface area contributed by atoms with E-state index in [4.69, 9.17) is 0 Å². The molecule has 0 radical (unpaired) electrons. The number of hydrogen-bond acceptors (Lipinski definition) is 0. The Hall–Kier alpha value is -0.466. The minimum absolute atomic E-state index is 0. The number of para-hydroxylation sites is 1. The van der Waals surface area contributed by atoms with Gasteiger partial charge in [-0.1, -0.05) is 45.2 Å². The van der Waals surface area contributed by atoms with Gasteiger partial charge in [-0.2, -0.15) is 22.6 Å². The van der Waals surface area contributed by atoms with E-state index in [1.807, 2.05) is 24.3 Å². The van der Waals surface area contributed by atoms with Crippen molar-refractivity contribution >= 4 is 10.9 Å². The molecule has 0 aliphatic heterocycles. The van der Waals surface area contributed by atoms with Gasteiger partial charge in [0.15, 0.2) is 0 Å². The average molecular weight is 370 g/mol. The van der Waals surface area contributed by atoms with Crippen LogP contribution in [0.15, 0.2) is 47.1 Å². The van der Waals surface area contributed by atoms with Crippen molar-refractivity contribution < 1.29 is 46.5 Å². The van der Waals surface area contributed by atoms with Crippen molar-refractivity contribution in [1.29, 1.82) is 0 Å². The number of H-pyrrole nitrogens is 1. The molecule has 1 aromatic carbocycles. The van der Waals surface area contributed by atoms with Crippen molar-refractivity contribution in [3.8, 4) is 0 Å². The molecule has 3 rings (SSSR count). The molecule has 0 spiro atoms. The van der Waals surface area contributed by atoms with Gasteiger partial charge in [0, 0.05) is 0 Å². The van der Waals surface area contributed by atoms with Gasteiger partial charge in [-0.15, -0.1) is 30.8 Å². The van der Waals surface area contributed by atoms with Crippen molar-refractivity contribution in [3.63, 3.8) is 0 Å². The van der Waals surface area contributed by atoms with E-state index in [0.29, 0.717) is 0 Å². The van der Waals surface area contributed by atoms with Crippen molar-refractivity contribution in [1.82, 2.24) is 4.98 Å². The molecule has 0 fully saturated rings. The molecule has 1 N–H and O–H groups in total. The number of nitrogens with one attached hydrogen (secondary N) is 1. The van der Waals surface area contributed by atoms with Gasteiger partial charge in [-0.05, 0) is 0 Å². The van der Waals surface area contributed by atoms with Gasteiger partial charge in [0.2, 0.25) is 0 Å². The van der Waals surface area contributed by atoms with Crippen LogP contribution in [0.4, 0.5) is 0 Å². The van der Waals surface area contributed by atoms with Crippen LogP contribution in [0.25, 0.3) is 10.9 Å². The van der Waals surface area contributed by atoms with Crippen LogP contribution in [0.1, 0.15) is 34.6 Å². The Morgan fingerprint density at radius 1 is 1.00 bits per heavy atom. The largest absolute Gasteiger partial charge is 4.00 e. The normalized spacial score (nSPS) is 14.9. The Morgan fingerprint density at radius 2 is 1.59 bits per heavy atom. The third-order valence-electron chi connectivity index (χ3n) is 3.96.